The Kier molecular flexibility index (Phi) is 10.8. The number of hydrogen-bond donors (Lipinski definition) is 3. The molecule has 0 saturated heterocycles. The van der Waals surface area contributed by atoms with Crippen molar-refractivity contribution in [1.82, 2.24) is 49.3 Å². The number of aliphatic hydroxyl groups excluding tert-OH is 1. The number of nitrogens with zero attached hydrogens (tertiary/aromatic N) is 14. The summed E-state index contributed by atoms with van der Waals surface area (Å²) < 4.78 is 10.4. The van der Waals surface area contributed by atoms with E-state index in [9.17, 15) is 14.7 Å². The number of ether oxygens (including phenoxy) is 1. The van der Waals surface area contributed by atoms with E-state index in [1.807, 2.05) is 6.92 Å². The highest BCUT2D eigenvalue weighted by Gasteiger charge is 2.22. The summed E-state index contributed by atoms with van der Waals surface area (Å²) in [5.41, 5.74) is 15.1. The van der Waals surface area contributed by atoms with Gasteiger partial charge in [0.25, 0.3) is 0 Å². The van der Waals surface area contributed by atoms with Crippen LogP contribution in [0, 0.1) is 0 Å². The van der Waals surface area contributed by atoms with Gasteiger partial charge in [-0.3, -0.25) is 4.79 Å². The molecule has 5 N–H and O–H groups in total. The molecular formula is C30H38N16O4. The maximum Gasteiger partial charge on any atom is 0.343 e. The lowest BCUT2D eigenvalue weighted by Crippen LogP contribution is -2.09. The van der Waals surface area contributed by atoms with E-state index in [1.165, 1.54) is 38.2 Å². The van der Waals surface area contributed by atoms with E-state index < -0.39 is 18.4 Å². The van der Waals surface area contributed by atoms with Gasteiger partial charge in [0.1, 0.15) is 12.2 Å². The molecule has 0 fully saturated rings. The number of rotatable bonds is 15. The third kappa shape index (κ3) is 6.99. The normalized spacial score (nSPS) is 11.7. The van der Waals surface area contributed by atoms with Crippen LogP contribution in [-0.4, -0.2) is 79.9 Å². The number of nitrogens with two attached hydrogens (primary N) is 2. The first-order chi connectivity index (χ1) is 24.1. The Hall–Kier alpha value is -6.18. The standard InChI is InChI=1S/C30H38N16O4/c1-6-8-10-19-24(37-39-28-17(21(48)16-47)14-33-43(28)3)26(31)45(41-19)22-12-13-23(36-35-22)46-27(32)25(20(42-46)11-9-7-2)38-40-29-18(30(49)50-5)15-34-44(29)4/h12-15,47H,6-11,16,31-32H2,1-5H3/b39-37+,40-38+. The number of nitrogen functional groups attached to an aromatic ring is 2. The second-order valence-corrected chi connectivity index (χ2v) is 11.1. The zero-order valence-corrected chi connectivity index (χ0v) is 28.3. The average Bonchev–Trinajstić information content (AvgIpc) is 3.86. The van der Waals surface area contributed by atoms with Crippen LogP contribution in [-0.2, 0) is 31.7 Å². The van der Waals surface area contributed by atoms with Gasteiger partial charge in [-0.25, -0.2) is 14.2 Å². The first-order valence-corrected chi connectivity index (χ1v) is 15.8. The largest absolute Gasteiger partial charge is 0.465 e. The molecule has 5 rings (SSSR count). The highest BCUT2D eigenvalue weighted by atomic mass is 16.5. The van der Waals surface area contributed by atoms with Gasteiger partial charge in [-0.15, -0.1) is 30.7 Å². The maximum absolute atomic E-state index is 12.2. The quantitative estimate of drug-likeness (QED) is 0.0803. The zero-order chi connectivity index (χ0) is 35.9. The first-order valence-electron chi connectivity index (χ1n) is 15.8. The Morgan fingerprint density at radius 3 is 1.66 bits per heavy atom. The SMILES string of the molecule is CCCCc1nn(-c2ccc(-n3nc(CCCC)c(/N=N/c4c(C(=O)OC)cnn4C)c3N)nn2)c(N)c1/N=N/c1c(C(=O)CO)cnn1C. The fraction of sp³-hybridized carbons (Fsp3) is 0.400. The predicted octanol–water partition coefficient (Wildman–Crippen LogP) is 3.96. The second kappa shape index (κ2) is 15.4. The Morgan fingerprint density at radius 1 is 0.780 bits per heavy atom. The number of aliphatic hydroxyl groups is 1. The van der Waals surface area contributed by atoms with Crippen LogP contribution in [0.5, 0.6) is 0 Å². The van der Waals surface area contributed by atoms with Gasteiger partial charge in [0.2, 0.25) is 0 Å². The molecule has 20 heteroatoms. The molecule has 20 nitrogen and oxygen atoms in total. The molecule has 50 heavy (non-hydrogen) atoms. The van der Waals surface area contributed by atoms with Crippen molar-refractivity contribution in [2.24, 2.45) is 34.6 Å². The molecule has 5 aromatic rings. The average molecular weight is 687 g/mol. The Balaban J connectivity index is 1.49. The van der Waals surface area contributed by atoms with Crippen molar-refractivity contribution in [2.45, 2.75) is 52.4 Å². The minimum Gasteiger partial charge on any atom is -0.465 e. The number of esters is 1. The molecule has 0 unspecified atom stereocenters. The van der Waals surface area contributed by atoms with Crippen LogP contribution >= 0.6 is 0 Å². The summed E-state index contributed by atoms with van der Waals surface area (Å²) in [6.07, 6.45) is 7.24. The molecule has 5 heterocycles. The van der Waals surface area contributed by atoms with E-state index in [0.717, 1.165) is 25.7 Å². The lowest BCUT2D eigenvalue weighted by Gasteiger charge is -2.05. The van der Waals surface area contributed by atoms with E-state index in [0.29, 0.717) is 47.2 Å². The summed E-state index contributed by atoms with van der Waals surface area (Å²) in [5.74, 6) is 0.150. The van der Waals surface area contributed by atoms with E-state index in [2.05, 4.69) is 58.0 Å². The lowest BCUT2D eigenvalue weighted by atomic mass is 10.2. The third-order valence-corrected chi connectivity index (χ3v) is 7.69. The van der Waals surface area contributed by atoms with Crippen molar-refractivity contribution in [3.05, 3.63) is 47.0 Å². The number of azo groups is 2. The zero-order valence-electron chi connectivity index (χ0n) is 28.3. The van der Waals surface area contributed by atoms with Crippen LogP contribution in [0.4, 0.5) is 34.6 Å². The molecule has 0 aliphatic rings. The molecule has 5 aromatic heterocycles. The number of ketones is 1. The summed E-state index contributed by atoms with van der Waals surface area (Å²) in [5, 5.41) is 52.8. The van der Waals surface area contributed by atoms with Crippen molar-refractivity contribution in [2.75, 3.05) is 25.2 Å². The monoisotopic (exact) mass is 686 g/mol. The number of carbonyl (C=O) groups excluding carboxylic acids is 2. The highest BCUT2D eigenvalue weighted by molar-refractivity contribution is 6.00. The number of anilines is 2. The minimum absolute atomic E-state index is 0.129. The second-order valence-electron chi connectivity index (χ2n) is 11.1. The Bertz CT molecular complexity index is 1910. The van der Waals surface area contributed by atoms with Gasteiger partial charge in [0, 0.05) is 14.1 Å². The number of aromatic nitrogens is 10. The van der Waals surface area contributed by atoms with E-state index in [-0.39, 0.29) is 34.4 Å². The number of aryl methyl sites for hydroxylation is 4. The lowest BCUT2D eigenvalue weighted by molar-refractivity contribution is 0.0601. The van der Waals surface area contributed by atoms with Crippen molar-refractivity contribution in [3.8, 4) is 11.6 Å². The molecule has 0 atom stereocenters. The molecule has 0 aliphatic carbocycles. The van der Waals surface area contributed by atoms with Crippen LogP contribution in [0.3, 0.4) is 0 Å². The third-order valence-electron chi connectivity index (χ3n) is 7.69. The molecular weight excluding hydrogens is 648 g/mol. The number of methoxy groups -OCH3 is 1. The molecule has 0 radical (unpaired) electrons. The summed E-state index contributed by atoms with van der Waals surface area (Å²) >= 11 is 0. The van der Waals surface area contributed by atoms with Crippen molar-refractivity contribution >= 4 is 46.4 Å². The van der Waals surface area contributed by atoms with Gasteiger partial charge in [0.15, 0.2) is 52.1 Å². The van der Waals surface area contributed by atoms with Crippen molar-refractivity contribution in [1.29, 1.82) is 0 Å². The number of Topliss-reactive ketones (excluding diaryl/α,β-unsaturated/α-hetero) is 1. The Morgan fingerprint density at radius 2 is 1.24 bits per heavy atom. The van der Waals surface area contributed by atoms with E-state index in [4.69, 9.17) is 16.2 Å². The van der Waals surface area contributed by atoms with Gasteiger partial charge >= 0.3 is 5.97 Å². The molecule has 0 saturated carbocycles. The van der Waals surface area contributed by atoms with Crippen LogP contribution in [0.1, 0.15) is 71.6 Å². The van der Waals surface area contributed by atoms with Gasteiger partial charge < -0.3 is 21.3 Å². The molecule has 0 aromatic carbocycles. The van der Waals surface area contributed by atoms with E-state index >= 15 is 0 Å². The van der Waals surface area contributed by atoms with Gasteiger partial charge in [-0.2, -0.15) is 29.8 Å². The summed E-state index contributed by atoms with van der Waals surface area (Å²) in [6, 6.07) is 3.31. The topological polar surface area (TPSA) is 262 Å². The number of unbranched alkanes of at least 4 members (excludes halogenated alkanes) is 2. The smallest absolute Gasteiger partial charge is 0.343 e. The maximum atomic E-state index is 12.2. The predicted molar refractivity (Wildman–Crippen MR) is 180 cm³/mol. The molecule has 0 amide bonds. The molecule has 0 spiro atoms. The summed E-state index contributed by atoms with van der Waals surface area (Å²) in [6.45, 7) is 3.41. The van der Waals surface area contributed by atoms with Crippen LogP contribution in [0.2, 0.25) is 0 Å². The minimum atomic E-state index is -0.691. The summed E-state index contributed by atoms with van der Waals surface area (Å²) in [4.78, 5) is 24.4. The van der Waals surface area contributed by atoms with Crippen LogP contribution in [0.15, 0.2) is 45.0 Å². The first kappa shape index (κ1) is 35.1. The summed E-state index contributed by atoms with van der Waals surface area (Å²) in [7, 11) is 4.51. The number of carbonyl (C=O) groups is 2. The van der Waals surface area contributed by atoms with Gasteiger partial charge in [0.05, 0.1) is 36.5 Å². The molecule has 0 bridgehead atoms. The molecule has 0 aliphatic heterocycles. The fourth-order valence-electron chi connectivity index (χ4n) is 4.91. The van der Waals surface area contributed by atoms with Crippen LogP contribution < -0.4 is 11.5 Å². The van der Waals surface area contributed by atoms with Crippen molar-refractivity contribution in [3.63, 3.8) is 0 Å². The van der Waals surface area contributed by atoms with Crippen LogP contribution in [0.25, 0.3) is 11.6 Å². The van der Waals surface area contributed by atoms with Gasteiger partial charge in [-0.05, 0) is 37.8 Å². The number of hydrogen-bond acceptors (Lipinski definition) is 16. The Labute approximate surface area is 285 Å². The van der Waals surface area contributed by atoms with E-state index in [1.54, 1.807) is 26.2 Å². The fourth-order valence-corrected chi connectivity index (χ4v) is 4.91. The van der Waals surface area contributed by atoms with Gasteiger partial charge in [-0.1, -0.05) is 26.7 Å². The highest BCUT2D eigenvalue weighted by Crippen LogP contribution is 2.34. The van der Waals surface area contributed by atoms with Crippen molar-refractivity contribution < 1.29 is 19.4 Å². The molecule has 262 valence electrons.